The Labute approximate surface area is 97.5 Å². The standard InChI is InChI=1S/C12H11NO2S/c1-15-12(14)10-7-9(11(13)16-10)8-5-3-2-4-6-8/h2-7H,13H2,1H3. The van der Waals surface area contributed by atoms with Crippen LogP contribution in [-0.4, -0.2) is 13.1 Å². The van der Waals surface area contributed by atoms with Crippen molar-refractivity contribution < 1.29 is 9.53 Å². The normalized spacial score (nSPS) is 10.1. The largest absolute Gasteiger partial charge is 0.465 e. The molecule has 0 saturated carbocycles. The lowest BCUT2D eigenvalue weighted by atomic mass is 10.1. The molecule has 1 heterocycles. The lowest BCUT2D eigenvalue weighted by molar-refractivity contribution is 0.0606. The van der Waals surface area contributed by atoms with Crippen LogP contribution in [0, 0.1) is 0 Å². The third-order valence-electron chi connectivity index (χ3n) is 2.23. The van der Waals surface area contributed by atoms with Crippen molar-refractivity contribution in [1.82, 2.24) is 0 Å². The van der Waals surface area contributed by atoms with Gasteiger partial charge in [0, 0.05) is 5.56 Å². The highest BCUT2D eigenvalue weighted by molar-refractivity contribution is 7.18. The molecule has 0 fully saturated rings. The van der Waals surface area contributed by atoms with Gasteiger partial charge in [-0.25, -0.2) is 4.79 Å². The fourth-order valence-corrected chi connectivity index (χ4v) is 2.32. The number of ether oxygens (including phenoxy) is 1. The Morgan fingerprint density at radius 2 is 2.00 bits per heavy atom. The zero-order valence-electron chi connectivity index (χ0n) is 8.77. The van der Waals surface area contributed by atoms with Gasteiger partial charge in [-0.05, 0) is 11.6 Å². The first-order valence-electron chi connectivity index (χ1n) is 4.75. The van der Waals surface area contributed by atoms with Gasteiger partial charge >= 0.3 is 5.97 Å². The number of thiophene rings is 1. The van der Waals surface area contributed by atoms with E-state index in [0.717, 1.165) is 11.1 Å². The van der Waals surface area contributed by atoms with Crippen LogP contribution in [0.5, 0.6) is 0 Å². The summed E-state index contributed by atoms with van der Waals surface area (Å²) >= 11 is 1.25. The monoisotopic (exact) mass is 233 g/mol. The summed E-state index contributed by atoms with van der Waals surface area (Å²) in [7, 11) is 1.36. The quantitative estimate of drug-likeness (QED) is 0.811. The molecule has 0 atom stereocenters. The van der Waals surface area contributed by atoms with Gasteiger partial charge in [0.15, 0.2) is 0 Å². The molecule has 4 heteroatoms. The number of nitrogens with two attached hydrogens (primary N) is 1. The number of benzene rings is 1. The fraction of sp³-hybridized carbons (Fsp3) is 0.0833. The van der Waals surface area contributed by atoms with Gasteiger partial charge in [-0.15, -0.1) is 11.3 Å². The van der Waals surface area contributed by atoms with Gasteiger partial charge < -0.3 is 10.5 Å². The first-order chi connectivity index (χ1) is 7.72. The zero-order valence-corrected chi connectivity index (χ0v) is 9.58. The van der Waals surface area contributed by atoms with E-state index in [1.807, 2.05) is 30.3 Å². The first kappa shape index (κ1) is 10.7. The number of hydrogen-bond donors (Lipinski definition) is 1. The lowest BCUT2D eigenvalue weighted by Gasteiger charge is -1.97. The number of hydrogen-bond acceptors (Lipinski definition) is 4. The predicted octanol–water partition coefficient (Wildman–Crippen LogP) is 2.78. The van der Waals surface area contributed by atoms with Gasteiger partial charge in [0.05, 0.1) is 12.1 Å². The van der Waals surface area contributed by atoms with Crippen LogP contribution in [0.1, 0.15) is 9.67 Å². The minimum atomic E-state index is -0.348. The van der Waals surface area contributed by atoms with E-state index in [1.54, 1.807) is 6.07 Å². The lowest BCUT2D eigenvalue weighted by Crippen LogP contribution is -1.96. The Bertz CT molecular complexity index is 505. The number of carbonyl (C=O) groups is 1. The number of nitrogen functional groups attached to an aromatic ring is 1. The highest BCUT2D eigenvalue weighted by Crippen LogP contribution is 2.33. The zero-order chi connectivity index (χ0) is 11.5. The van der Waals surface area contributed by atoms with Crippen LogP contribution in [0.25, 0.3) is 11.1 Å². The minimum Gasteiger partial charge on any atom is -0.465 e. The molecular formula is C12H11NO2S. The topological polar surface area (TPSA) is 52.3 Å². The van der Waals surface area contributed by atoms with Crippen LogP contribution in [0.2, 0.25) is 0 Å². The molecule has 0 aliphatic carbocycles. The SMILES string of the molecule is COC(=O)c1cc(-c2ccccc2)c(N)s1. The van der Waals surface area contributed by atoms with Crippen molar-refractivity contribution in [2.45, 2.75) is 0 Å². The van der Waals surface area contributed by atoms with Crippen LogP contribution < -0.4 is 5.73 Å². The molecule has 3 nitrogen and oxygen atoms in total. The second-order valence-corrected chi connectivity index (χ2v) is 4.33. The molecule has 2 aromatic rings. The van der Waals surface area contributed by atoms with E-state index in [4.69, 9.17) is 5.73 Å². The van der Waals surface area contributed by atoms with E-state index in [2.05, 4.69) is 4.74 Å². The van der Waals surface area contributed by atoms with Crippen LogP contribution in [0.15, 0.2) is 36.4 Å². The molecule has 2 rings (SSSR count). The van der Waals surface area contributed by atoms with E-state index in [1.165, 1.54) is 18.4 Å². The molecule has 0 spiro atoms. The smallest absolute Gasteiger partial charge is 0.348 e. The van der Waals surface area contributed by atoms with Crippen LogP contribution in [-0.2, 0) is 4.74 Å². The number of methoxy groups -OCH3 is 1. The highest BCUT2D eigenvalue weighted by Gasteiger charge is 2.13. The molecular weight excluding hydrogens is 222 g/mol. The van der Waals surface area contributed by atoms with Crippen molar-refractivity contribution in [1.29, 1.82) is 0 Å². The predicted molar refractivity (Wildman–Crippen MR) is 65.5 cm³/mol. The van der Waals surface area contributed by atoms with Gasteiger partial charge in [-0.1, -0.05) is 30.3 Å². The van der Waals surface area contributed by atoms with Crippen molar-refractivity contribution in [2.24, 2.45) is 0 Å². The maximum Gasteiger partial charge on any atom is 0.348 e. The maximum atomic E-state index is 11.3. The van der Waals surface area contributed by atoms with Crippen LogP contribution >= 0.6 is 11.3 Å². The summed E-state index contributed by atoms with van der Waals surface area (Å²) in [4.78, 5) is 11.9. The number of anilines is 1. The van der Waals surface area contributed by atoms with E-state index in [9.17, 15) is 4.79 Å². The molecule has 0 amide bonds. The van der Waals surface area contributed by atoms with E-state index < -0.39 is 0 Å². The number of esters is 1. The summed E-state index contributed by atoms with van der Waals surface area (Å²) in [5.41, 5.74) is 7.76. The summed E-state index contributed by atoms with van der Waals surface area (Å²) < 4.78 is 4.66. The number of carbonyl (C=O) groups excluding carboxylic acids is 1. The molecule has 0 radical (unpaired) electrons. The second-order valence-electron chi connectivity index (χ2n) is 3.25. The van der Waals surface area contributed by atoms with Gasteiger partial charge in [0.1, 0.15) is 4.88 Å². The first-order valence-corrected chi connectivity index (χ1v) is 5.57. The molecule has 0 saturated heterocycles. The minimum absolute atomic E-state index is 0.348. The van der Waals surface area contributed by atoms with Gasteiger partial charge in [-0.3, -0.25) is 0 Å². The summed E-state index contributed by atoms with van der Waals surface area (Å²) in [5, 5.41) is 0.631. The average molecular weight is 233 g/mol. The van der Waals surface area contributed by atoms with Crippen molar-refractivity contribution >= 4 is 22.3 Å². The van der Waals surface area contributed by atoms with Crippen molar-refractivity contribution in [3.8, 4) is 11.1 Å². The Balaban J connectivity index is 2.44. The summed E-state index contributed by atoms with van der Waals surface area (Å²) in [6, 6.07) is 11.5. The molecule has 0 aliphatic heterocycles. The van der Waals surface area contributed by atoms with Crippen LogP contribution in [0.4, 0.5) is 5.00 Å². The van der Waals surface area contributed by atoms with Crippen LogP contribution in [0.3, 0.4) is 0 Å². The molecule has 1 aromatic carbocycles. The molecule has 0 bridgehead atoms. The molecule has 1 aromatic heterocycles. The third kappa shape index (κ3) is 1.92. The van der Waals surface area contributed by atoms with Gasteiger partial charge in [0.25, 0.3) is 0 Å². The molecule has 0 unspecified atom stereocenters. The Kier molecular flexibility index (Phi) is 2.92. The maximum absolute atomic E-state index is 11.3. The Morgan fingerprint density at radius 1 is 1.31 bits per heavy atom. The molecule has 2 N–H and O–H groups in total. The van der Waals surface area contributed by atoms with E-state index in [-0.39, 0.29) is 5.97 Å². The fourth-order valence-electron chi connectivity index (χ4n) is 1.45. The van der Waals surface area contributed by atoms with Crippen molar-refractivity contribution in [3.05, 3.63) is 41.3 Å². The molecule has 0 aliphatic rings. The van der Waals surface area contributed by atoms with E-state index in [0.29, 0.717) is 9.88 Å². The van der Waals surface area contributed by atoms with Gasteiger partial charge in [-0.2, -0.15) is 0 Å². The average Bonchev–Trinajstić information content (AvgIpc) is 2.71. The Morgan fingerprint density at radius 3 is 2.62 bits per heavy atom. The second kappa shape index (κ2) is 4.37. The summed E-state index contributed by atoms with van der Waals surface area (Å²) in [5.74, 6) is -0.348. The third-order valence-corrected chi connectivity index (χ3v) is 3.18. The van der Waals surface area contributed by atoms with E-state index >= 15 is 0 Å². The van der Waals surface area contributed by atoms with Gasteiger partial charge in [0.2, 0.25) is 0 Å². The summed E-state index contributed by atoms with van der Waals surface area (Å²) in [6.07, 6.45) is 0. The highest BCUT2D eigenvalue weighted by atomic mass is 32.1. The van der Waals surface area contributed by atoms with Crippen molar-refractivity contribution in [2.75, 3.05) is 12.8 Å². The molecule has 16 heavy (non-hydrogen) atoms. The molecule has 82 valence electrons. The summed E-state index contributed by atoms with van der Waals surface area (Å²) in [6.45, 7) is 0. The number of rotatable bonds is 2. The Hall–Kier alpha value is -1.81. The van der Waals surface area contributed by atoms with Crippen molar-refractivity contribution in [3.63, 3.8) is 0 Å².